The van der Waals surface area contributed by atoms with Crippen LogP contribution in [0.2, 0.25) is 0 Å². The van der Waals surface area contributed by atoms with Crippen LogP contribution < -0.4 is 4.72 Å². The van der Waals surface area contributed by atoms with E-state index < -0.39 is 16.0 Å². The molecule has 1 heterocycles. The van der Waals surface area contributed by atoms with E-state index in [1.807, 2.05) is 6.07 Å². The van der Waals surface area contributed by atoms with Crippen molar-refractivity contribution in [2.24, 2.45) is 7.05 Å². The Morgan fingerprint density at radius 1 is 1.07 bits per heavy atom. The van der Waals surface area contributed by atoms with Gasteiger partial charge in [0.05, 0.1) is 25.0 Å². The number of rotatable bonds is 10. The summed E-state index contributed by atoms with van der Waals surface area (Å²) >= 11 is 0. The Balaban J connectivity index is 1.88. The van der Waals surface area contributed by atoms with Crippen LogP contribution in [0.1, 0.15) is 34.6 Å². The Labute approximate surface area is 159 Å². The average molecular weight is 392 g/mol. The Morgan fingerprint density at radius 3 is 2.44 bits per heavy atom. The molecule has 0 amide bonds. The fourth-order valence-corrected chi connectivity index (χ4v) is 3.86. The van der Waals surface area contributed by atoms with Crippen molar-refractivity contribution in [1.82, 2.24) is 9.29 Å². The highest BCUT2D eigenvalue weighted by Gasteiger charge is 2.15. The number of sulfonamides is 1. The SMILES string of the molecule is COC(=O)CCC(=O)c1ccc(CCNS(=O)(=O)Cc2ccccc2)n1C. The molecule has 2 aromatic rings. The molecular weight excluding hydrogens is 368 g/mol. The Morgan fingerprint density at radius 2 is 1.78 bits per heavy atom. The normalized spacial score (nSPS) is 11.3. The zero-order chi connectivity index (χ0) is 19.9. The van der Waals surface area contributed by atoms with E-state index in [1.165, 1.54) is 7.11 Å². The minimum absolute atomic E-state index is 0.0368. The molecule has 0 radical (unpaired) electrons. The van der Waals surface area contributed by atoms with Crippen LogP contribution in [0.25, 0.3) is 0 Å². The van der Waals surface area contributed by atoms with Gasteiger partial charge >= 0.3 is 5.97 Å². The fraction of sp³-hybridized carbons (Fsp3) is 0.368. The van der Waals surface area contributed by atoms with Crippen LogP contribution in [0.15, 0.2) is 42.5 Å². The van der Waals surface area contributed by atoms with Gasteiger partial charge in [0.1, 0.15) is 0 Å². The molecule has 0 unspecified atom stereocenters. The number of hydrogen-bond donors (Lipinski definition) is 1. The number of carbonyl (C=O) groups excluding carboxylic acids is 2. The molecule has 146 valence electrons. The summed E-state index contributed by atoms with van der Waals surface area (Å²) in [5, 5.41) is 0. The first-order valence-electron chi connectivity index (χ1n) is 8.58. The molecule has 0 aliphatic rings. The van der Waals surface area contributed by atoms with Gasteiger partial charge in [0.25, 0.3) is 0 Å². The summed E-state index contributed by atoms with van der Waals surface area (Å²) in [6.07, 6.45) is 0.567. The van der Waals surface area contributed by atoms with Crippen molar-refractivity contribution in [2.75, 3.05) is 13.7 Å². The van der Waals surface area contributed by atoms with Crippen LogP contribution in [-0.4, -0.2) is 38.4 Å². The van der Waals surface area contributed by atoms with E-state index in [0.29, 0.717) is 12.1 Å². The van der Waals surface area contributed by atoms with Crippen molar-refractivity contribution in [2.45, 2.75) is 25.0 Å². The maximum atomic E-state index is 12.2. The topological polar surface area (TPSA) is 94.5 Å². The molecule has 0 aliphatic carbocycles. The van der Waals surface area contributed by atoms with E-state index in [-0.39, 0.29) is 30.9 Å². The molecule has 27 heavy (non-hydrogen) atoms. The third-order valence-electron chi connectivity index (χ3n) is 4.20. The van der Waals surface area contributed by atoms with Crippen LogP contribution >= 0.6 is 0 Å². The lowest BCUT2D eigenvalue weighted by molar-refractivity contribution is -0.140. The highest BCUT2D eigenvalue weighted by molar-refractivity contribution is 7.88. The molecule has 0 spiro atoms. The molecule has 0 saturated carbocycles. The smallest absolute Gasteiger partial charge is 0.305 e. The predicted molar refractivity (Wildman–Crippen MR) is 102 cm³/mol. The Hall–Kier alpha value is -2.45. The minimum Gasteiger partial charge on any atom is -0.469 e. The first-order chi connectivity index (χ1) is 12.8. The maximum absolute atomic E-state index is 12.2. The van der Waals surface area contributed by atoms with Crippen molar-refractivity contribution in [3.8, 4) is 0 Å². The number of Topliss-reactive ketones (excluding diaryl/α,β-unsaturated/α-hetero) is 1. The van der Waals surface area contributed by atoms with Gasteiger partial charge < -0.3 is 9.30 Å². The highest BCUT2D eigenvalue weighted by atomic mass is 32.2. The third kappa shape index (κ3) is 6.33. The molecule has 1 aromatic heterocycles. The lowest BCUT2D eigenvalue weighted by atomic mass is 10.2. The predicted octanol–water partition coefficient (Wildman–Crippen LogP) is 1.82. The van der Waals surface area contributed by atoms with E-state index in [9.17, 15) is 18.0 Å². The van der Waals surface area contributed by atoms with Crippen LogP contribution in [-0.2, 0) is 38.8 Å². The van der Waals surface area contributed by atoms with E-state index in [0.717, 1.165) is 11.3 Å². The van der Waals surface area contributed by atoms with Crippen molar-refractivity contribution >= 4 is 21.8 Å². The molecule has 8 heteroatoms. The van der Waals surface area contributed by atoms with Crippen molar-refractivity contribution in [3.63, 3.8) is 0 Å². The average Bonchev–Trinajstić information content (AvgIpc) is 3.00. The van der Waals surface area contributed by atoms with E-state index >= 15 is 0 Å². The van der Waals surface area contributed by atoms with Crippen molar-refractivity contribution < 1.29 is 22.7 Å². The van der Waals surface area contributed by atoms with Gasteiger partial charge in [0, 0.05) is 32.1 Å². The van der Waals surface area contributed by atoms with Crippen LogP contribution in [0.5, 0.6) is 0 Å². The summed E-state index contributed by atoms with van der Waals surface area (Å²) in [5.74, 6) is -0.650. The fourth-order valence-electron chi connectivity index (χ4n) is 2.71. The van der Waals surface area contributed by atoms with Crippen LogP contribution in [0.4, 0.5) is 0 Å². The number of hydrogen-bond acceptors (Lipinski definition) is 5. The van der Waals surface area contributed by atoms with Crippen molar-refractivity contribution in [1.29, 1.82) is 0 Å². The van der Waals surface area contributed by atoms with E-state index in [4.69, 9.17) is 0 Å². The quantitative estimate of drug-likeness (QED) is 0.492. The molecule has 7 nitrogen and oxygen atoms in total. The van der Waals surface area contributed by atoms with Crippen LogP contribution in [0.3, 0.4) is 0 Å². The summed E-state index contributed by atoms with van der Waals surface area (Å²) in [5.41, 5.74) is 2.04. The van der Waals surface area contributed by atoms with Crippen molar-refractivity contribution in [3.05, 3.63) is 59.4 Å². The summed E-state index contributed by atoms with van der Waals surface area (Å²) in [7, 11) is -0.393. The second-order valence-corrected chi connectivity index (χ2v) is 7.96. The van der Waals surface area contributed by atoms with Gasteiger partial charge in [-0.25, -0.2) is 13.1 Å². The number of ether oxygens (including phenoxy) is 1. The third-order valence-corrected chi connectivity index (χ3v) is 5.56. The number of aromatic nitrogens is 1. The van der Waals surface area contributed by atoms with Gasteiger partial charge in [-0.3, -0.25) is 9.59 Å². The lowest BCUT2D eigenvalue weighted by Gasteiger charge is -2.09. The standard InChI is InChI=1S/C19H24N2O5S/c1-21-16(8-9-17(21)18(22)10-11-19(23)26-2)12-13-20-27(24,25)14-15-6-4-3-5-7-15/h3-9,20H,10-14H2,1-2H3. The number of carbonyl (C=O) groups is 2. The minimum atomic E-state index is -3.43. The molecule has 0 fully saturated rings. The number of methoxy groups -OCH3 is 1. The highest BCUT2D eigenvalue weighted by Crippen LogP contribution is 2.12. The molecule has 1 N–H and O–H groups in total. The van der Waals surface area contributed by atoms with Gasteiger partial charge in [-0.2, -0.15) is 0 Å². The molecule has 0 aliphatic heterocycles. The molecule has 0 atom stereocenters. The first kappa shape index (κ1) is 20.9. The molecule has 1 aromatic carbocycles. The lowest BCUT2D eigenvalue weighted by Crippen LogP contribution is -2.27. The number of nitrogens with one attached hydrogen (secondary N) is 1. The monoisotopic (exact) mass is 392 g/mol. The maximum Gasteiger partial charge on any atom is 0.305 e. The summed E-state index contributed by atoms with van der Waals surface area (Å²) in [4.78, 5) is 23.4. The molecule has 0 bridgehead atoms. The first-order valence-corrected chi connectivity index (χ1v) is 10.2. The second kappa shape index (κ2) is 9.48. The number of nitrogens with zero attached hydrogens (tertiary/aromatic N) is 1. The summed E-state index contributed by atoms with van der Waals surface area (Å²) in [6, 6.07) is 12.4. The Bertz CT molecular complexity index is 888. The van der Waals surface area contributed by atoms with Crippen LogP contribution in [0, 0.1) is 0 Å². The molecular formula is C19H24N2O5S. The molecule has 0 saturated heterocycles. The van der Waals surface area contributed by atoms with E-state index in [2.05, 4.69) is 9.46 Å². The largest absolute Gasteiger partial charge is 0.469 e. The number of esters is 1. The molecule has 2 rings (SSSR count). The zero-order valence-corrected chi connectivity index (χ0v) is 16.3. The zero-order valence-electron chi connectivity index (χ0n) is 15.5. The van der Waals surface area contributed by atoms with Gasteiger partial charge in [-0.1, -0.05) is 30.3 Å². The van der Waals surface area contributed by atoms with Gasteiger partial charge in [-0.05, 0) is 17.7 Å². The van der Waals surface area contributed by atoms with E-state index in [1.54, 1.807) is 48.0 Å². The number of ketones is 1. The second-order valence-electron chi connectivity index (χ2n) is 6.16. The van der Waals surface area contributed by atoms with Gasteiger partial charge in [0.15, 0.2) is 5.78 Å². The van der Waals surface area contributed by atoms with Gasteiger partial charge in [-0.15, -0.1) is 0 Å². The van der Waals surface area contributed by atoms with Gasteiger partial charge in [0.2, 0.25) is 10.0 Å². The summed E-state index contributed by atoms with van der Waals surface area (Å²) in [6.45, 7) is 0.239. The summed E-state index contributed by atoms with van der Waals surface area (Å²) < 4.78 is 33.1. The number of benzene rings is 1. The Kier molecular flexibility index (Phi) is 7.32.